The molecule has 0 spiro atoms. The van der Waals surface area contributed by atoms with Crippen LogP contribution < -0.4 is 9.47 Å². The van der Waals surface area contributed by atoms with Gasteiger partial charge < -0.3 is 9.47 Å². The highest BCUT2D eigenvalue weighted by Gasteiger charge is 2.14. The average molecular weight is 363 g/mol. The molecule has 1 aromatic rings. The third kappa shape index (κ3) is 10.2. The molecule has 0 aliphatic rings. The highest BCUT2D eigenvalue weighted by atomic mass is 16.6. The van der Waals surface area contributed by atoms with Crippen LogP contribution in [0.2, 0.25) is 0 Å². The van der Waals surface area contributed by atoms with Crippen LogP contribution in [-0.2, 0) is 9.59 Å². The van der Waals surface area contributed by atoms with Crippen LogP contribution in [-0.4, -0.2) is 16.9 Å². The van der Waals surface area contributed by atoms with E-state index < -0.39 is 0 Å². The largest absolute Gasteiger partial charge is 0.421 e. The third-order valence-corrected chi connectivity index (χ3v) is 4.14. The lowest BCUT2D eigenvalue weighted by atomic mass is 10.1. The molecule has 0 aromatic carbocycles. The molecule has 0 atom stereocenters. The summed E-state index contributed by atoms with van der Waals surface area (Å²) in [4.78, 5) is 27.9. The smallest absolute Gasteiger partial charge is 0.312 e. The summed E-state index contributed by atoms with van der Waals surface area (Å²) in [6.45, 7) is 4.31. The molecule has 146 valence electrons. The van der Waals surface area contributed by atoms with Gasteiger partial charge in [-0.3, -0.25) is 9.59 Å². The Balaban J connectivity index is 2.38. The van der Waals surface area contributed by atoms with Crippen molar-refractivity contribution in [3.63, 3.8) is 0 Å². The van der Waals surface area contributed by atoms with E-state index in [1.165, 1.54) is 31.9 Å². The Morgan fingerprint density at radius 3 is 1.92 bits per heavy atom. The molecule has 1 rings (SSSR count). The van der Waals surface area contributed by atoms with E-state index in [0.29, 0.717) is 12.8 Å². The minimum atomic E-state index is -0.336. The summed E-state index contributed by atoms with van der Waals surface area (Å²) in [6.07, 6.45) is 12.9. The number of hydrogen-bond acceptors (Lipinski definition) is 5. The van der Waals surface area contributed by atoms with Crippen molar-refractivity contribution in [3.05, 3.63) is 18.3 Å². The van der Waals surface area contributed by atoms with Crippen molar-refractivity contribution < 1.29 is 19.1 Å². The van der Waals surface area contributed by atoms with Crippen molar-refractivity contribution in [2.45, 2.75) is 90.9 Å². The van der Waals surface area contributed by atoms with Crippen LogP contribution in [0.4, 0.5) is 0 Å². The van der Waals surface area contributed by atoms with Gasteiger partial charge in [-0.2, -0.15) is 0 Å². The van der Waals surface area contributed by atoms with Crippen LogP contribution in [0.25, 0.3) is 0 Å². The fourth-order valence-corrected chi connectivity index (χ4v) is 2.61. The van der Waals surface area contributed by atoms with Gasteiger partial charge in [0, 0.05) is 19.0 Å². The number of carbonyl (C=O) groups is 2. The van der Waals surface area contributed by atoms with E-state index in [9.17, 15) is 9.59 Å². The van der Waals surface area contributed by atoms with Crippen molar-refractivity contribution in [1.82, 2.24) is 4.98 Å². The standard InChI is InChI=1S/C21H33NO4/c1-3-5-7-9-11-15-19(23)25-18-14-13-17-22-21(18)26-20(24)16-12-10-8-6-4-2/h13-14,17H,3-12,15-16H2,1-2H3. The minimum absolute atomic E-state index is 0.0744. The maximum absolute atomic E-state index is 12.0. The van der Waals surface area contributed by atoms with Gasteiger partial charge in [-0.05, 0) is 25.0 Å². The van der Waals surface area contributed by atoms with Gasteiger partial charge in [-0.1, -0.05) is 65.2 Å². The van der Waals surface area contributed by atoms with Gasteiger partial charge in [-0.15, -0.1) is 0 Å². The lowest BCUT2D eigenvalue weighted by Gasteiger charge is -2.09. The Morgan fingerprint density at radius 2 is 1.35 bits per heavy atom. The molecule has 0 saturated heterocycles. The SMILES string of the molecule is CCCCCCCC(=O)Oc1cccnc1OC(=O)CCCCCCC. The van der Waals surface area contributed by atoms with Gasteiger partial charge in [0.1, 0.15) is 0 Å². The molecule has 1 heterocycles. The number of hydrogen-bond donors (Lipinski definition) is 0. The molecular formula is C21H33NO4. The Morgan fingerprint density at radius 1 is 0.808 bits per heavy atom. The highest BCUT2D eigenvalue weighted by Crippen LogP contribution is 2.25. The molecule has 0 amide bonds. The molecule has 0 N–H and O–H groups in total. The Bertz CT molecular complexity index is 483. The van der Waals surface area contributed by atoms with Crippen molar-refractivity contribution in [2.24, 2.45) is 0 Å². The molecular weight excluding hydrogens is 330 g/mol. The summed E-state index contributed by atoms with van der Waals surface area (Å²) in [5.41, 5.74) is 0. The average Bonchev–Trinajstić information content (AvgIpc) is 2.63. The van der Waals surface area contributed by atoms with Gasteiger partial charge in [0.2, 0.25) is 0 Å². The number of nitrogens with zero attached hydrogens (tertiary/aromatic N) is 1. The monoisotopic (exact) mass is 363 g/mol. The van der Waals surface area contributed by atoms with E-state index in [1.54, 1.807) is 12.1 Å². The molecule has 0 unspecified atom stereocenters. The van der Waals surface area contributed by atoms with Gasteiger partial charge in [0.15, 0.2) is 5.75 Å². The maximum atomic E-state index is 12.0. The molecule has 1 aromatic heterocycles. The lowest BCUT2D eigenvalue weighted by molar-refractivity contribution is -0.137. The Labute approximate surface area is 157 Å². The second-order valence-electron chi connectivity index (χ2n) is 6.58. The third-order valence-electron chi connectivity index (χ3n) is 4.14. The quantitative estimate of drug-likeness (QED) is 0.317. The van der Waals surface area contributed by atoms with Gasteiger partial charge in [0.25, 0.3) is 5.88 Å². The van der Waals surface area contributed by atoms with E-state index in [1.807, 2.05) is 0 Å². The Kier molecular flexibility index (Phi) is 12.2. The zero-order valence-corrected chi connectivity index (χ0v) is 16.3. The van der Waals surface area contributed by atoms with Crippen LogP contribution >= 0.6 is 0 Å². The molecule has 0 bridgehead atoms. The zero-order valence-electron chi connectivity index (χ0n) is 16.3. The second kappa shape index (κ2) is 14.3. The number of unbranched alkanes of at least 4 members (excludes halogenated alkanes) is 8. The van der Waals surface area contributed by atoms with E-state index in [0.717, 1.165) is 38.5 Å². The normalized spacial score (nSPS) is 10.5. The van der Waals surface area contributed by atoms with Gasteiger partial charge in [-0.25, -0.2) is 4.98 Å². The van der Waals surface area contributed by atoms with Crippen LogP contribution in [0.3, 0.4) is 0 Å². The van der Waals surface area contributed by atoms with Crippen molar-refractivity contribution >= 4 is 11.9 Å². The fraction of sp³-hybridized carbons (Fsp3) is 0.667. The predicted octanol–water partition coefficient (Wildman–Crippen LogP) is 5.61. The van der Waals surface area contributed by atoms with Crippen molar-refractivity contribution in [2.75, 3.05) is 0 Å². The number of carbonyl (C=O) groups excluding carboxylic acids is 2. The molecule has 5 heteroatoms. The Hall–Kier alpha value is -1.91. The summed E-state index contributed by atoms with van der Waals surface area (Å²) < 4.78 is 10.6. The zero-order chi connectivity index (χ0) is 19.0. The van der Waals surface area contributed by atoms with Crippen LogP contribution in [0.5, 0.6) is 11.6 Å². The summed E-state index contributed by atoms with van der Waals surface area (Å²) >= 11 is 0. The van der Waals surface area contributed by atoms with E-state index in [4.69, 9.17) is 9.47 Å². The predicted molar refractivity (Wildman–Crippen MR) is 102 cm³/mol. The number of pyridine rings is 1. The maximum Gasteiger partial charge on any atom is 0.312 e. The fourth-order valence-electron chi connectivity index (χ4n) is 2.61. The molecule has 0 radical (unpaired) electrons. The number of rotatable bonds is 14. The summed E-state index contributed by atoms with van der Waals surface area (Å²) in [6, 6.07) is 3.26. The van der Waals surface area contributed by atoms with Crippen LogP contribution in [0.1, 0.15) is 90.9 Å². The molecule has 0 fully saturated rings. The first kappa shape index (κ1) is 22.1. The van der Waals surface area contributed by atoms with E-state index in [-0.39, 0.29) is 23.6 Å². The lowest BCUT2D eigenvalue weighted by Crippen LogP contribution is -2.12. The minimum Gasteiger partial charge on any atom is -0.421 e. The molecule has 26 heavy (non-hydrogen) atoms. The molecule has 5 nitrogen and oxygen atoms in total. The highest BCUT2D eigenvalue weighted by molar-refractivity contribution is 5.75. The topological polar surface area (TPSA) is 65.5 Å². The van der Waals surface area contributed by atoms with Crippen molar-refractivity contribution in [3.8, 4) is 11.6 Å². The first-order chi connectivity index (χ1) is 12.7. The summed E-state index contributed by atoms with van der Waals surface area (Å²) in [5.74, 6) is -0.362. The molecule has 0 aliphatic carbocycles. The number of esters is 2. The van der Waals surface area contributed by atoms with Gasteiger partial charge in [0.05, 0.1) is 0 Å². The van der Waals surface area contributed by atoms with Gasteiger partial charge >= 0.3 is 11.9 Å². The summed E-state index contributed by atoms with van der Waals surface area (Å²) in [7, 11) is 0. The van der Waals surface area contributed by atoms with Crippen molar-refractivity contribution in [1.29, 1.82) is 0 Å². The first-order valence-corrected chi connectivity index (χ1v) is 10.0. The van der Waals surface area contributed by atoms with E-state index >= 15 is 0 Å². The first-order valence-electron chi connectivity index (χ1n) is 10.0. The number of aromatic nitrogens is 1. The second-order valence-corrected chi connectivity index (χ2v) is 6.58. The van der Waals surface area contributed by atoms with E-state index in [2.05, 4.69) is 18.8 Å². The molecule has 0 aliphatic heterocycles. The summed E-state index contributed by atoms with van der Waals surface area (Å²) in [5, 5.41) is 0. The number of ether oxygens (including phenoxy) is 2. The van der Waals surface area contributed by atoms with Crippen LogP contribution in [0.15, 0.2) is 18.3 Å². The van der Waals surface area contributed by atoms with Crippen LogP contribution in [0, 0.1) is 0 Å². The molecule has 0 saturated carbocycles.